The Kier molecular flexibility index (Phi) is 2.68. The van der Waals surface area contributed by atoms with Crippen molar-refractivity contribution in [2.45, 2.75) is 24.9 Å². The van der Waals surface area contributed by atoms with Gasteiger partial charge in [0, 0.05) is 12.5 Å². The van der Waals surface area contributed by atoms with Crippen LogP contribution in [0.3, 0.4) is 0 Å². The van der Waals surface area contributed by atoms with Gasteiger partial charge in [-0.1, -0.05) is 12.1 Å². The van der Waals surface area contributed by atoms with Crippen LogP contribution in [0.4, 0.5) is 4.39 Å². The summed E-state index contributed by atoms with van der Waals surface area (Å²) >= 11 is 0. The maximum absolute atomic E-state index is 13.0. The lowest BCUT2D eigenvalue weighted by atomic mass is 9.67. The van der Waals surface area contributed by atoms with Gasteiger partial charge in [0.05, 0.1) is 5.60 Å². The molecule has 1 aromatic carbocycles. The third-order valence-corrected chi connectivity index (χ3v) is 4.43. The third-order valence-electron chi connectivity index (χ3n) is 4.43. The Labute approximate surface area is 101 Å². The summed E-state index contributed by atoms with van der Waals surface area (Å²) in [7, 11) is 0. The van der Waals surface area contributed by atoms with Crippen LogP contribution in [0, 0.1) is 17.7 Å². The van der Waals surface area contributed by atoms with Crippen LogP contribution in [0.1, 0.15) is 24.8 Å². The smallest absolute Gasteiger partial charge is 0.123 e. The van der Waals surface area contributed by atoms with Crippen LogP contribution >= 0.6 is 0 Å². The molecule has 0 bridgehead atoms. The lowest BCUT2D eigenvalue weighted by molar-refractivity contribution is -0.0634. The number of hydrogen-bond donors (Lipinski definition) is 2. The van der Waals surface area contributed by atoms with Gasteiger partial charge in [-0.25, -0.2) is 4.39 Å². The van der Waals surface area contributed by atoms with Gasteiger partial charge in [-0.05, 0) is 49.4 Å². The van der Waals surface area contributed by atoms with Crippen LogP contribution < -0.4 is 5.32 Å². The Morgan fingerprint density at radius 1 is 1.24 bits per heavy atom. The Bertz CT molecular complexity index is 405. The summed E-state index contributed by atoms with van der Waals surface area (Å²) in [6.45, 7) is 1.88. The topological polar surface area (TPSA) is 32.3 Å². The van der Waals surface area contributed by atoms with Crippen molar-refractivity contribution in [2.75, 3.05) is 13.1 Å². The molecule has 1 saturated carbocycles. The minimum atomic E-state index is -0.764. The highest BCUT2D eigenvalue weighted by Gasteiger charge is 2.47. The number of benzene rings is 1. The average molecular weight is 235 g/mol. The van der Waals surface area contributed by atoms with Crippen molar-refractivity contribution in [1.29, 1.82) is 0 Å². The fourth-order valence-corrected chi connectivity index (χ4v) is 3.51. The van der Waals surface area contributed by atoms with Crippen molar-refractivity contribution in [3.8, 4) is 0 Å². The second-order valence-electron chi connectivity index (χ2n) is 5.35. The van der Waals surface area contributed by atoms with Crippen LogP contribution in [-0.4, -0.2) is 18.2 Å². The fourth-order valence-electron chi connectivity index (χ4n) is 3.51. The molecule has 2 aliphatic rings. The van der Waals surface area contributed by atoms with Crippen molar-refractivity contribution in [3.05, 3.63) is 35.6 Å². The first kappa shape index (κ1) is 11.2. The van der Waals surface area contributed by atoms with E-state index >= 15 is 0 Å². The van der Waals surface area contributed by atoms with Crippen molar-refractivity contribution >= 4 is 0 Å². The molecular weight excluding hydrogens is 217 g/mol. The van der Waals surface area contributed by atoms with Crippen LogP contribution in [0.5, 0.6) is 0 Å². The predicted octanol–water partition coefficient (Wildman–Crippen LogP) is 2.03. The number of hydrogen-bond acceptors (Lipinski definition) is 2. The highest BCUT2D eigenvalue weighted by atomic mass is 19.1. The van der Waals surface area contributed by atoms with E-state index in [1.165, 1.54) is 18.6 Å². The predicted molar refractivity (Wildman–Crippen MR) is 64.0 cm³/mol. The van der Waals surface area contributed by atoms with E-state index in [2.05, 4.69) is 5.32 Å². The Morgan fingerprint density at radius 2 is 2.00 bits per heavy atom. The van der Waals surface area contributed by atoms with E-state index in [4.69, 9.17) is 0 Å². The van der Waals surface area contributed by atoms with E-state index in [0.717, 1.165) is 31.5 Å². The zero-order chi connectivity index (χ0) is 11.9. The fraction of sp³-hybridized carbons (Fsp3) is 0.571. The van der Waals surface area contributed by atoms with Gasteiger partial charge in [-0.15, -0.1) is 0 Å². The van der Waals surface area contributed by atoms with Crippen molar-refractivity contribution in [3.63, 3.8) is 0 Å². The van der Waals surface area contributed by atoms with Gasteiger partial charge in [0.1, 0.15) is 5.82 Å². The number of halogens is 1. The summed E-state index contributed by atoms with van der Waals surface area (Å²) in [5.74, 6) is 0.606. The minimum Gasteiger partial charge on any atom is -0.385 e. The van der Waals surface area contributed by atoms with Gasteiger partial charge < -0.3 is 10.4 Å². The number of fused-ring (bicyclic) bond motifs is 1. The Morgan fingerprint density at radius 3 is 2.76 bits per heavy atom. The Balaban J connectivity index is 1.95. The summed E-state index contributed by atoms with van der Waals surface area (Å²) in [5.41, 5.74) is 0.109. The van der Waals surface area contributed by atoms with Gasteiger partial charge in [-0.2, -0.15) is 0 Å². The highest BCUT2D eigenvalue weighted by Crippen LogP contribution is 2.46. The molecule has 0 unspecified atom stereocenters. The SMILES string of the molecule is O[C@]1(c2ccc(F)cc2)CCC[C@@H]2CNC[C@H]21. The number of aliphatic hydroxyl groups is 1. The minimum absolute atomic E-state index is 0.241. The average Bonchev–Trinajstić information content (AvgIpc) is 2.80. The second kappa shape index (κ2) is 4.07. The van der Waals surface area contributed by atoms with Gasteiger partial charge in [-0.3, -0.25) is 0 Å². The molecular formula is C14H18FNO. The van der Waals surface area contributed by atoms with Gasteiger partial charge in [0.25, 0.3) is 0 Å². The second-order valence-corrected chi connectivity index (χ2v) is 5.35. The molecule has 1 heterocycles. The summed E-state index contributed by atoms with van der Waals surface area (Å²) in [6.07, 6.45) is 3.04. The lowest BCUT2D eigenvalue weighted by Gasteiger charge is -2.41. The molecule has 3 rings (SSSR count). The van der Waals surface area contributed by atoms with E-state index in [0.29, 0.717) is 5.92 Å². The summed E-state index contributed by atoms with van der Waals surface area (Å²) in [5, 5.41) is 14.3. The number of nitrogens with one attached hydrogen (secondary N) is 1. The highest BCUT2D eigenvalue weighted by molar-refractivity contribution is 5.25. The van der Waals surface area contributed by atoms with E-state index in [1.54, 1.807) is 12.1 Å². The quantitative estimate of drug-likeness (QED) is 0.780. The molecule has 3 heteroatoms. The van der Waals surface area contributed by atoms with Crippen LogP contribution in [0.2, 0.25) is 0 Å². The lowest BCUT2D eigenvalue weighted by Crippen LogP contribution is -2.42. The molecule has 1 aliphatic heterocycles. The molecule has 0 spiro atoms. The monoisotopic (exact) mass is 235 g/mol. The zero-order valence-corrected chi connectivity index (χ0v) is 9.82. The molecule has 1 aromatic rings. The molecule has 1 aliphatic carbocycles. The molecule has 3 atom stereocenters. The van der Waals surface area contributed by atoms with Crippen molar-refractivity contribution in [2.24, 2.45) is 11.8 Å². The normalized spacial score (nSPS) is 36.8. The van der Waals surface area contributed by atoms with Gasteiger partial charge >= 0.3 is 0 Å². The van der Waals surface area contributed by atoms with E-state index in [-0.39, 0.29) is 11.7 Å². The molecule has 2 fully saturated rings. The van der Waals surface area contributed by atoms with Gasteiger partial charge in [0.2, 0.25) is 0 Å². The van der Waals surface area contributed by atoms with Crippen LogP contribution in [-0.2, 0) is 5.60 Å². The van der Waals surface area contributed by atoms with Crippen molar-refractivity contribution in [1.82, 2.24) is 5.32 Å². The van der Waals surface area contributed by atoms with Crippen LogP contribution in [0.15, 0.2) is 24.3 Å². The first-order chi connectivity index (χ1) is 8.20. The first-order valence-electron chi connectivity index (χ1n) is 6.39. The van der Waals surface area contributed by atoms with Crippen molar-refractivity contribution < 1.29 is 9.50 Å². The van der Waals surface area contributed by atoms with E-state index in [1.807, 2.05) is 0 Å². The van der Waals surface area contributed by atoms with E-state index < -0.39 is 5.60 Å². The molecule has 0 radical (unpaired) electrons. The zero-order valence-electron chi connectivity index (χ0n) is 9.82. The summed E-state index contributed by atoms with van der Waals surface area (Å²) in [4.78, 5) is 0. The largest absolute Gasteiger partial charge is 0.385 e. The van der Waals surface area contributed by atoms with Gasteiger partial charge in [0.15, 0.2) is 0 Å². The molecule has 2 nitrogen and oxygen atoms in total. The van der Waals surface area contributed by atoms with Crippen LogP contribution in [0.25, 0.3) is 0 Å². The molecule has 92 valence electrons. The Hall–Kier alpha value is -0.930. The standard InChI is InChI=1S/C14H18FNO/c15-12-5-3-11(4-6-12)14(17)7-1-2-10-8-16-9-13(10)14/h3-6,10,13,16-17H,1-2,7-9H2/t10-,13-,14+/m1/s1. The van der Waals surface area contributed by atoms with E-state index in [9.17, 15) is 9.50 Å². The molecule has 2 N–H and O–H groups in total. The number of rotatable bonds is 1. The maximum atomic E-state index is 13.0. The molecule has 17 heavy (non-hydrogen) atoms. The molecule has 1 saturated heterocycles. The summed E-state index contributed by atoms with van der Waals surface area (Å²) < 4.78 is 13.0. The third kappa shape index (κ3) is 1.78. The molecule has 0 aromatic heterocycles. The maximum Gasteiger partial charge on any atom is 0.123 e. The first-order valence-corrected chi connectivity index (χ1v) is 6.39. The molecule has 0 amide bonds. The summed E-state index contributed by atoms with van der Waals surface area (Å²) in [6, 6.07) is 6.35.